The Morgan fingerprint density at radius 2 is 2.06 bits per heavy atom. The third-order valence-electron chi connectivity index (χ3n) is 5.08. The van der Waals surface area contributed by atoms with Gasteiger partial charge in [-0.3, -0.25) is 0 Å². The Kier molecular flexibility index (Phi) is 2.98. The molecular formula is C15H24O. The lowest BCUT2D eigenvalue weighted by Gasteiger charge is -2.50. The van der Waals surface area contributed by atoms with Gasteiger partial charge in [0.05, 0.1) is 0 Å². The molecule has 0 aromatic carbocycles. The molecule has 5 atom stereocenters. The summed E-state index contributed by atoms with van der Waals surface area (Å²) in [5.74, 6) is 2.09. The topological polar surface area (TPSA) is 17.1 Å². The largest absolute Gasteiger partial charge is 0.303 e. The highest BCUT2D eigenvalue weighted by atomic mass is 16.1. The van der Waals surface area contributed by atoms with E-state index in [1.165, 1.54) is 31.1 Å². The second kappa shape index (κ2) is 4.01. The Hall–Kier alpha value is -0.590. The van der Waals surface area contributed by atoms with Gasteiger partial charge in [0, 0.05) is 5.92 Å². The molecule has 0 aromatic rings. The molecule has 0 N–H and O–H groups in total. The smallest absolute Gasteiger partial charge is 0.123 e. The maximum atomic E-state index is 11.4. The predicted molar refractivity (Wildman–Crippen MR) is 67.1 cm³/mol. The Labute approximate surface area is 99.3 Å². The number of carbonyl (C=O) groups is 1. The Bertz CT molecular complexity index is 317. The van der Waals surface area contributed by atoms with Gasteiger partial charge < -0.3 is 4.79 Å². The van der Waals surface area contributed by atoms with Gasteiger partial charge in [-0.05, 0) is 42.9 Å². The minimum absolute atomic E-state index is 0.252. The SMILES string of the molecule is CC1=C[C@@]2(C)C[C@H](C)CC[C@H]2[C@H](C=O)[C@H]1C. The van der Waals surface area contributed by atoms with Crippen molar-refractivity contribution in [3.8, 4) is 0 Å². The number of carbonyl (C=O) groups excluding carboxylic acids is 1. The van der Waals surface area contributed by atoms with E-state index in [-0.39, 0.29) is 11.3 Å². The van der Waals surface area contributed by atoms with Crippen LogP contribution in [-0.2, 0) is 4.79 Å². The molecule has 90 valence electrons. The summed E-state index contributed by atoms with van der Waals surface area (Å²) >= 11 is 0. The standard InChI is InChI=1S/C15H24O/c1-10-5-6-14-13(9-16)12(3)11(2)8-15(14,4)7-10/h8-10,12-14H,5-7H2,1-4H3/t10-,12+,13-,14+,15-/m1/s1. The maximum Gasteiger partial charge on any atom is 0.123 e. The summed E-state index contributed by atoms with van der Waals surface area (Å²) in [6.45, 7) is 9.11. The van der Waals surface area contributed by atoms with Crippen LogP contribution in [-0.4, -0.2) is 6.29 Å². The molecule has 0 aliphatic heterocycles. The van der Waals surface area contributed by atoms with Crippen LogP contribution >= 0.6 is 0 Å². The molecule has 0 unspecified atom stereocenters. The van der Waals surface area contributed by atoms with E-state index in [0.717, 1.165) is 5.92 Å². The first-order chi connectivity index (χ1) is 7.48. The number of hydrogen-bond acceptors (Lipinski definition) is 1. The van der Waals surface area contributed by atoms with Crippen molar-refractivity contribution in [1.82, 2.24) is 0 Å². The van der Waals surface area contributed by atoms with E-state index in [2.05, 4.69) is 33.8 Å². The zero-order valence-electron chi connectivity index (χ0n) is 11.0. The summed E-state index contributed by atoms with van der Waals surface area (Å²) in [7, 11) is 0. The number of allylic oxidation sites excluding steroid dienone is 2. The predicted octanol–water partition coefficient (Wildman–Crippen LogP) is 3.84. The summed E-state index contributed by atoms with van der Waals surface area (Å²) in [6, 6.07) is 0. The zero-order valence-corrected chi connectivity index (χ0v) is 11.0. The van der Waals surface area contributed by atoms with Crippen LogP contribution in [0.25, 0.3) is 0 Å². The van der Waals surface area contributed by atoms with E-state index in [1.807, 2.05) is 0 Å². The van der Waals surface area contributed by atoms with Crippen molar-refractivity contribution >= 4 is 6.29 Å². The molecule has 1 nitrogen and oxygen atoms in total. The first-order valence-electron chi connectivity index (χ1n) is 6.62. The molecule has 0 heterocycles. The van der Waals surface area contributed by atoms with Gasteiger partial charge in [-0.1, -0.05) is 38.8 Å². The van der Waals surface area contributed by atoms with Gasteiger partial charge >= 0.3 is 0 Å². The molecule has 2 rings (SSSR count). The molecule has 0 spiro atoms. The van der Waals surface area contributed by atoms with Gasteiger partial charge in [0.25, 0.3) is 0 Å². The molecule has 16 heavy (non-hydrogen) atoms. The van der Waals surface area contributed by atoms with E-state index in [9.17, 15) is 4.79 Å². The van der Waals surface area contributed by atoms with Crippen LogP contribution in [0.5, 0.6) is 0 Å². The fraction of sp³-hybridized carbons (Fsp3) is 0.800. The lowest BCUT2D eigenvalue weighted by Crippen LogP contribution is -2.43. The van der Waals surface area contributed by atoms with E-state index < -0.39 is 0 Å². The first kappa shape index (κ1) is 11.9. The minimum Gasteiger partial charge on any atom is -0.303 e. The van der Waals surface area contributed by atoms with Crippen LogP contribution in [0.2, 0.25) is 0 Å². The van der Waals surface area contributed by atoms with E-state index in [4.69, 9.17) is 0 Å². The molecule has 0 saturated heterocycles. The molecule has 1 saturated carbocycles. The monoisotopic (exact) mass is 220 g/mol. The third-order valence-corrected chi connectivity index (χ3v) is 5.08. The van der Waals surface area contributed by atoms with Gasteiger partial charge in [-0.25, -0.2) is 0 Å². The van der Waals surface area contributed by atoms with Crippen molar-refractivity contribution < 1.29 is 4.79 Å². The summed E-state index contributed by atoms with van der Waals surface area (Å²) in [5, 5.41) is 0. The summed E-state index contributed by atoms with van der Waals surface area (Å²) in [5.41, 5.74) is 1.70. The van der Waals surface area contributed by atoms with Crippen molar-refractivity contribution in [1.29, 1.82) is 0 Å². The molecular weight excluding hydrogens is 196 g/mol. The molecule has 0 radical (unpaired) electrons. The van der Waals surface area contributed by atoms with Gasteiger partial charge in [-0.15, -0.1) is 0 Å². The summed E-state index contributed by atoms with van der Waals surface area (Å²) < 4.78 is 0. The van der Waals surface area contributed by atoms with Crippen LogP contribution < -0.4 is 0 Å². The second-order valence-corrected chi connectivity index (χ2v) is 6.39. The minimum atomic E-state index is 0.252. The van der Waals surface area contributed by atoms with Crippen LogP contribution in [0, 0.1) is 29.1 Å². The van der Waals surface area contributed by atoms with Crippen LogP contribution in [0.1, 0.15) is 47.0 Å². The van der Waals surface area contributed by atoms with Gasteiger partial charge in [0.15, 0.2) is 0 Å². The first-order valence-corrected chi connectivity index (χ1v) is 6.62. The second-order valence-electron chi connectivity index (χ2n) is 6.39. The highest BCUT2D eigenvalue weighted by molar-refractivity contribution is 5.57. The van der Waals surface area contributed by atoms with E-state index in [0.29, 0.717) is 11.8 Å². The van der Waals surface area contributed by atoms with Gasteiger partial charge in [-0.2, -0.15) is 0 Å². The van der Waals surface area contributed by atoms with Crippen molar-refractivity contribution in [2.75, 3.05) is 0 Å². The molecule has 1 heteroatoms. The van der Waals surface area contributed by atoms with E-state index in [1.54, 1.807) is 0 Å². The number of fused-ring (bicyclic) bond motifs is 1. The fourth-order valence-electron chi connectivity index (χ4n) is 4.11. The van der Waals surface area contributed by atoms with Crippen LogP contribution in [0.4, 0.5) is 0 Å². The quantitative estimate of drug-likeness (QED) is 0.484. The average Bonchev–Trinajstić information content (AvgIpc) is 2.20. The summed E-state index contributed by atoms with van der Waals surface area (Å²) in [4.78, 5) is 11.4. The van der Waals surface area contributed by atoms with Crippen LogP contribution in [0.3, 0.4) is 0 Å². The Morgan fingerprint density at radius 1 is 1.38 bits per heavy atom. The van der Waals surface area contributed by atoms with Crippen molar-refractivity contribution in [2.24, 2.45) is 29.1 Å². The Morgan fingerprint density at radius 3 is 2.69 bits per heavy atom. The van der Waals surface area contributed by atoms with Crippen LogP contribution in [0.15, 0.2) is 11.6 Å². The number of rotatable bonds is 1. The lowest BCUT2D eigenvalue weighted by molar-refractivity contribution is -0.117. The number of aldehydes is 1. The average molecular weight is 220 g/mol. The zero-order chi connectivity index (χ0) is 11.9. The highest BCUT2D eigenvalue weighted by Gasteiger charge is 2.46. The van der Waals surface area contributed by atoms with Crippen molar-refractivity contribution in [2.45, 2.75) is 47.0 Å². The fourth-order valence-corrected chi connectivity index (χ4v) is 4.11. The maximum absolute atomic E-state index is 11.4. The molecule has 0 aromatic heterocycles. The summed E-state index contributed by atoms with van der Waals surface area (Å²) in [6.07, 6.45) is 7.48. The molecule has 1 fully saturated rings. The third kappa shape index (κ3) is 1.74. The van der Waals surface area contributed by atoms with Crippen molar-refractivity contribution in [3.05, 3.63) is 11.6 Å². The molecule has 0 bridgehead atoms. The normalized spacial score (nSPS) is 48.1. The van der Waals surface area contributed by atoms with Gasteiger partial charge in [0.2, 0.25) is 0 Å². The van der Waals surface area contributed by atoms with E-state index >= 15 is 0 Å². The number of hydrogen-bond donors (Lipinski definition) is 0. The molecule has 2 aliphatic carbocycles. The Balaban J connectivity index is 2.37. The molecule has 0 amide bonds. The molecule has 2 aliphatic rings. The highest BCUT2D eigenvalue weighted by Crippen LogP contribution is 2.53. The lowest BCUT2D eigenvalue weighted by atomic mass is 9.54. The van der Waals surface area contributed by atoms with Gasteiger partial charge in [0.1, 0.15) is 6.29 Å². The van der Waals surface area contributed by atoms with Crippen molar-refractivity contribution in [3.63, 3.8) is 0 Å².